The summed E-state index contributed by atoms with van der Waals surface area (Å²) in [6.45, 7) is 5.91. The number of para-hydroxylation sites is 1. The van der Waals surface area contributed by atoms with Crippen LogP contribution in [-0.2, 0) is 9.53 Å². The van der Waals surface area contributed by atoms with Crippen molar-refractivity contribution < 1.29 is 28.3 Å². The third-order valence-corrected chi connectivity index (χ3v) is 6.60. The summed E-state index contributed by atoms with van der Waals surface area (Å²) in [5.74, 6) is 0.233. The maximum atomic E-state index is 13.2. The molecule has 1 aromatic heterocycles. The van der Waals surface area contributed by atoms with Crippen molar-refractivity contribution in [2.24, 2.45) is 0 Å². The number of urea groups is 1. The number of amides is 3. The highest BCUT2D eigenvalue weighted by atomic mass is 16.5. The van der Waals surface area contributed by atoms with Gasteiger partial charge < -0.3 is 24.1 Å². The van der Waals surface area contributed by atoms with Crippen LogP contribution in [0.2, 0.25) is 0 Å². The molecule has 3 heterocycles. The van der Waals surface area contributed by atoms with Crippen LogP contribution in [0, 0.1) is 0 Å². The third-order valence-electron chi connectivity index (χ3n) is 6.60. The molecule has 192 valence electrons. The highest BCUT2D eigenvalue weighted by molar-refractivity contribution is 5.95. The van der Waals surface area contributed by atoms with Gasteiger partial charge in [0.1, 0.15) is 5.75 Å². The largest absolute Gasteiger partial charge is 0.496 e. The molecule has 10 heteroatoms. The van der Waals surface area contributed by atoms with Crippen molar-refractivity contribution in [1.29, 1.82) is 0 Å². The van der Waals surface area contributed by atoms with Crippen LogP contribution in [0.3, 0.4) is 0 Å². The summed E-state index contributed by atoms with van der Waals surface area (Å²) in [7, 11) is 3.19. The number of piperazine rings is 1. The lowest BCUT2D eigenvalue weighted by atomic mass is 9.93. The summed E-state index contributed by atoms with van der Waals surface area (Å²) >= 11 is 0. The van der Waals surface area contributed by atoms with E-state index in [-0.39, 0.29) is 24.6 Å². The summed E-state index contributed by atoms with van der Waals surface area (Å²) in [6.07, 6.45) is 1.49. The molecule has 10 nitrogen and oxygen atoms in total. The van der Waals surface area contributed by atoms with E-state index in [2.05, 4.69) is 10.2 Å². The number of benzene rings is 1. The van der Waals surface area contributed by atoms with Crippen LogP contribution in [0.15, 0.2) is 58.3 Å². The van der Waals surface area contributed by atoms with E-state index in [9.17, 15) is 14.4 Å². The van der Waals surface area contributed by atoms with Crippen LogP contribution in [0.1, 0.15) is 36.0 Å². The van der Waals surface area contributed by atoms with Crippen molar-refractivity contribution in [3.63, 3.8) is 0 Å². The number of furan rings is 1. The standard InChI is InChI=1S/C26H32N4O6/c1-5-35-25(32)22-19(28(3)26(33)27-23(22)18-9-6-7-10-20(18)34-4)16-29-12-13-30(17(2)15-29)24(31)21-11-8-14-36-21/h6-11,14,17,23H,5,12-13,15-16H2,1-4H3,(H,27,33). The molecule has 0 aliphatic carbocycles. The van der Waals surface area contributed by atoms with E-state index in [0.29, 0.717) is 54.5 Å². The number of hydrogen-bond acceptors (Lipinski definition) is 7. The lowest BCUT2D eigenvalue weighted by Crippen LogP contribution is -2.56. The number of nitrogens with one attached hydrogen (secondary N) is 1. The number of nitrogens with zero attached hydrogens (tertiary/aromatic N) is 3. The highest BCUT2D eigenvalue weighted by Crippen LogP contribution is 2.36. The normalized spacial score (nSPS) is 20.8. The Balaban J connectivity index is 1.64. The van der Waals surface area contributed by atoms with E-state index in [4.69, 9.17) is 13.9 Å². The average molecular weight is 497 g/mol. The number of hydrogen-bond donors (Lipinski definition) is 1. The lowest BCUT2D eigenvalue weighted by molar-refractivity contribution is -0.139. The van der Waals surface area contributed by atoms with Crippen molar-refractivity contribution in [3.8, 4) is 5.75 Å². The maximum Gasteiger partial charge on any atom is 0.338 e. The maximum absolute atomic E-state index is 13.2. The molecule has 1 aromatic carbocycles. The van der Waals surface area contributed by atoms with Crippen LogP contribution >= 0.6 is 0 Å². The van der Waals surface area contributed by atoms with Crippen LogP contribution < -0.4 is 10.1 Å². The van der Waals surface area contributed by atoms with Gasteiger partial charge in [-0.15, -0.1) is 0 Å². The monoisotopic (exact) mass is 496 g/mol. The summed E-state index contributed by atoms with van der Waals surface area (Å²) in [6, 6.07) is 9.50. The fourth-order valence-electron chi connectivity index (χ4n) is 4.77. The predicted octanol–water partition coefficient (Wildman–Crippen LogP) is 2.65. The molecular weight excluding hydrogens is 464 g/mol. The Morgan fingerprint density at radius 3 is 2.61 bits per heavy atom. The fraction of sp³-hybridized carbons (Fsp3) is 0.423. The first-order valence-electron chi connectivity index (χ1n) is 12.0. The van der Waals surface area contributed by atoms with E-state index in [0.717, 1.165) is 0 Å². The minimum absolute atomic E-state index is 0.0873. The van der Waals surface area contributed by atoms with Gasteiger partial charge in [0, 0.05) is 50.5 Å². The smallest absolute Gasteiger partial charge is 0.338 e. The molecular formula is C26H32N4O6. The Labute approximate surface area is 210 Å². The zero-order valence-corrected chi connectivity index (χ0v) is 21.0. The third kappa shape index (κ3) is 4.94. The Morgan fingerprint density at radius 2 is 1.94 bits per heavy atom. The summed E-state index contributed by atoms with van der Waals surface area (Å²) in [5, 5.41) is 2.93. The van der Waals surface area contributed by atoms with E-state index >= 15 is 0 Å². The van der Waals surface area contributed by atoms with Gasteiger partial charge in [0.2, 0.25) is 0 Å². The van der Waals surface area contributed by atoms with Gasteiger partial charge >= 0.3 is 12.0 Å². The Bertz CT molecular complexity index is 1150. The first-order chi connectivity index (χ1) is 17.3. The van der Waals surface area contributed by atoms with E-state index < -0.39 is 12.0 Å². The summed E-state index contributed by atoms with van der Waals surface area (Å²) < 4.78 is 16.2. The zero-order valence-electron chi connectivity index (χ0n) is 21.0. The highest BCUT2D eigenvalue weighted by Gasteiger charge is 2.39. The van der Waals surface area contributed by atoms with Crippen LogP contribution in [0.5, 0.6) is 5.75 Å². The van der Waals surface area contributed by atoms with Gasteiger partial charge in [0.15, 0.2) is 5.76 Å². The zero-order chi connectivity index (χ0) is 25.8. The second-order valence-electron chi connectivity index (χ2n) is 8.82. The van der Waals surface area contributed by atoms with Crippen LogP contribution in [0.4, 0.5) is 4.79 Å². The molecule has 0 bridgehead atoms. The number of methoxy groups -OCH3 is 1. The van der Waals surface area contributed by atoms with Crippen molar-refractivity contribution in [2.75, 3.05) is 46.9 Å². The van der Waals surface area contributed by atoms with Crippen molar-refractivity contribution in [2.45, 2.75) is 25.9 Å². The number of carbonyl (C=O) groups excluding carboxylic acids is 3. The minimum Gasteiger partial charge on any atom is -0.496 e. The Hall–Kier alpha value is -3.79. The van der Waals surface area contributed by atoms with Gasteiger partial charge in [-0.1, -0.05) is 18.2 Å². The second kappa shape index (κ2) is 10.9. The lowest BCUT2D eigenvalue weighted by Gasteiger charge is -2.42. The molecule has 2 aliphatic rings. The van der Waals surface area contributed by atoms with Crippen molar-refractivity contribution in [1.82, 2.24) is 20.0 Å². The quantitative estimate of drug-likeness (QED) is 0.588. The average Bonchev–Trinajstić information content (AvgIpc) is 3.41. The molecule has 2 aliphatic heterocycles. The number of rotatable bonds is 7. The molecule has 1 fully saturated rings. The van der Waals surface area contributed by atoms with E-state index in [1.807, 2.05) is 25.1 Å². The van der Waals surface area contributed by atoms with Crippen LogP contribution in [-0.4, -0.2) is 85.6 Å². The van der Waals surface area contributed by atoms with Crippen molar-refractivity contribution >= 4 is 17.9 Å². The number of carbonyl (C=O) groups is 3. The Morgan fingerprint density at radius 1 is 1.17 bits per heavy atom. The number of likely N-dealkylation sites (N-methyl/N-ethyl adjacent to an activating group) is 1. The van der Waals surface area contributed by atoms with Crippen molar-refractivity contribution in [3.05, 3.63) is 65.3 Å². The van der Waals surface area contributed by atoms with E-state index in [1.54, 1.807) is 44.2 Å². The first-order valence-corrected chi connectivity index (χ1v) is 12.0. The molecule has 0 spiro atoms. The molecule has 2 unspecified atom stereocenters. The predicted molar refractivity (Wildman–Crippen MR) is 131 cm³/mol. The molecule has 2 aromatic rings. The molecule has 1 N–H and O–H groups in total. The van der Waals surface area contributed by atoms with Gasteiger partial charge in [-0.2, -0.15) is 0 Å². The molecule has 36 heavy (non-hydrogen) atoms. The molecule has 0 radical (unpaired) electrons. The van der Waals surface area contributed by atoms with Crippen LogP contribution in [0.25, 0.3) is 0 Å². The van der Waals surface area contributed by atoms with Gasteiger partial charge in [0.05, 0.1) is 31.6 Å². The summed E-state index contributed by atoms with van der Waals surface area (Å²) in [4.78, 5) is 44.4. The topological polar surface area (TPSA) is 105 Å². The van der Waals surface area contributed by atoms with Gasteiger partial charge in [-0.25, -0.2) is 9.59 Å². The first kappa shape index (κ1) is 25.3. The number of ether oxygens (including phenoxy) is 2. The van der Waals surface area contributed by atoms with Gasteiger partial charge in [-0.3, -0.25) is 14.6 Å². The second-order valence-corrected chi connectivity index (χ2v) is 8.82. The van der Waals surface area contributed by atoms with Gasteiger partial charge in [-0.05, 0) is 32.0 Å². The number of esters is 1. The van der Waals surface area contributed by atoms with E-state index in [1.165, 1.54) is 11.2 Å². The Kier molecular flexibility index (Phi) is 7.64. The molecule has 4 rings (SSSR count). The fourth-order valence-corrected chi connectivity index (χ4v) is 4.77. The molecule has 0 saturated carbocycles. The minimum atomic E-state index is -0.724. The SMILES string of the molecule is CCOC(=O)C1=C(CN2CCN(C(=O)c3ccco3)C(C)C2)N(C)C(=O)NC1c1ccccc1OC. The molecule has 2 atom stereocenters. The van der Waals surface area contributed by atoms with Gasteiger partial charge in [0.25, 0.3) is 5.91 Å². The summed E-state index contributed by atoms with van der Waals surface area (Å²) in [5.41, 5.74) is 1.60. The molecule has 3 amide bonds. The molecule has 1 saturated heterocycles.